The summed E-state index contributed by atoms with van der Waals surface area (Å²) in [6.07, 6.45) is 0. The van der Waals surface area contributed by atoms with Gasteiger partial charge in [0, 0.05) is 23.4 Å². The van der Waals surface area contributed by atoms with Gasteiger partial charge in [0.1, 0.15) is 0 Å². The number of carbonyl (C=O) groups is 1. The first-order valence-corrected chi connectivity index (χ1v) is 8.92. The fourth-order valence-corrected chi connectivity index (χ4v) is 3.02. The lowest BCUT2D eigenvalue weighted by Gasteiger charge is -2.12. The lowest BCUT2D eigenvalue weighted by molar-refractivity contribution is -0.0512. The fourth-order valence-electron chi connectivity index (χ4n) is 3.02. The number of nitrogens with one attached hydrogen (secondary N) is 1. The van der Waals surface area contributed by atoms with E-state index < -0.39 is 6.61 Å². The summed E-state index contributed by atoms with van der Waals surface area (Å²) in [5.41, 5.74) is 3.85. The van der Waals surface area contributed by atoms with Gasteiger partial charge in [0.2, 0.25) is 0 Å². The molecule has 1 heterocycles. The van der Waals surface area contributed by atoms with Gasteiger partial charge in [-0.1, -0.05) is 18.2 Å². The second kappa shape index (κ2) is 8.72. The molecule has 0 aliphatic rings. The Kier molecular flexibility index (Phi) is 6.11. The molecule has 0 radical (unpaired) electrons. The molecule has 29 heavy (non-hydrogen) atoms. The Balaban J connectivity index is 1.75. The van der Waals surface area contributed by atoms with Gasteiger partial charge in [0.05, 0.1) is 18.5 Å². The van der Waals surface area contributed by atoms with Crippen LogP contribution < -0.4 is 14.8 Å². The predicted molar refractivity (Wildman–Crippen MR) is 104 cm³/mol. The second-order valence-corrected chi connectivity index (χ2v) is 6.32. The van der Waals surface area contributed by atoms with Crippen molar-refractivity contribution in [2.75, 3.05) is 7.11 Å². The molecule has 152 valence electrons. The van der Waals surface area contributed by atoms with Crippen molar-refractivity contribution in [1.82, 2.24) is 15.1 Å². The van der Waals surface area contributed by atoms with E-state index in [-0.39, 0.29) is 29.5 Å². The average molecular weight is 401 g/mol. The zero-order valence-electron chi connectivity index (χ0n) is 16.3. The van der Waals surface area contributed by atoms with Crippen molar-refractivity contribution in [3.63, 3.8) is 0 Å². The number of benzene rings is 2. The van der Waals surface area contributed by atoms with Gasteiger partial charge in [-0.2, -0.15) is 13.9 Å². The third kappa shape index (κ3) is 4.53. The summed E-state index contributed by atoms with van der Waals surface area (Å²) >= 11 is 0. The van der Waals surface area contributed by atoms with Gasteiger partial charge in [0.15, 0.2) is 11.5 Å². The third-order valence-electron chi connectivity index (χ3n) is 4.51. The molecule has 3 aromatic rings. The normalized spacial score (nSPS) is 10.8. The van der Waals surface area contributed by atoms with E-state index in [9.17, 15) is 13.6 Å². The van der Waals surface area contributed by atoms with E-state index in [1.165, 1.54) is 25.3 Å². The monoisotopic (exact) mass is 401 g/mol. The SMILES string of the molecule is COc1cc(C(=O)NCc2c(C)nn(-c3ccccc3)c2C)ccc1OC(F)F. The first-order chi connectivity index (χ1) is 13.9. The van der Waals surface area contributed by atoms with Gasteiger partial charge >= 0.3 is 6.61 Å². The highest BCUT2D eigenvalue weighted by atomic mass is 19.3. The van der Waals surface area contributed by atoms with Crippen LogP contribution in [0.2, 0.25) is 0 Å². The fraction of sp³-hybridized carbons (Fsp3) is 0.238. The lowest BCUT2D eigenvalue weighted by atomic mass is 10.1. The molecule has 0 spiro atoms. The van der Waals surface area contributed by atoms with Crippen LogP contribution in [-0.2, 0) is 6.54 Å². The molecule has 0 aliphatic carbocycles. The Hall–Kier alpha value is -3.42. The van der Waals surface area contributed by atoms with Gasteiger partial charge in [-0.15, -0.1) is 0 Å². The molecule has 1 amide bonds. The number of halogens is 2. The molecule has 0 aliphatic heterocycles. The van der Waals surface area contributed by atoms with Crippen LogP contribution in [0.1, 0.15) is 27.3 Å². The Bertz CT molecular complexity index is 1000. The highest BCUT2D eigenvalue weighted by Gasteiger charge is 2.16. The van der Waals surface area contributed by atoms with Crippen LogP contribution in [0.25, 0.3) is 5.69 Å². The molecule has 0 unspecified atom stereocenters. The van der Waals surface area contributed by atoms with E-state index >= 15 is 0 Å². The van der Waals surface area contributed by atoms with Crippen LogP contribution in [0.5, 0.6) is 11.5 Å². The van der Waals surface area contributed by atoms with Crippen LogP contribution in [0.15, 0.2) is 48.5 Å². The number of aromatic nitrogens is 2. The molecule has 0 fully saturated rings. The number of ether oxygens (including phenoxy) is 2. The second-order valence-electron chi connectivity index (χ2n) is 6.32. The van der Waals surface area contributed by atoms with Gasteiger partial charge in [-0.3, -0.25) is 4.79 Å². The summed E-state index contributed by atoms with van der Waals surface area (Å²) in [7, 11) is 1.32. The van der Waals surface area contributed by atoms with Crippen molar-refractivity contribution in [3.05, 3.63) is 71.0 Å². The van der Waals surface area contributed by atoms with Crippen LogP contribution in [0.4, 0.5) is 8.78 Å². The van der Waals surface area contributed by atoms with Crippen LogP contribution in [0.3, 0.4) is 0 Å². The number of methoxy groups -OCH3 is 1. The van der Waals surface area contributed by atoms with Crippen molar-refractivity contribution < 1.29 is 23.0 Å². The quantitative estimate of drug-likeness (QED) is 0.649. The largest absolute Gasteiger partial charge is 0.493 e. The maximum Gasteiger partial charge on any atom is 0.387 e. The van der Waals surface area contributed by atoms with Gasteiger partial charge < -0.3 is 14.8 Å². The van der Waals surface area contributed by atoms with E-state index in [1.807, 2.05) is 48.9 Å². The summed E-state index contributed by atoms with van der Waals surface area (Å²) in [6.45, 7) is 1.12. The van der Waals surface area contributed by atoms with Crippen molar-refractivity contribution in [2.45, 2.75) is 27.0 Å². The summed E-state index contributed by atoms with van der Waals surface area (Å²) in [5.74, 6) is -0.435. The highest BCUT2D eigenvalue weighted by molar-refractivity contribution is 5.94. The molecule has 0 atom stereocenters. The number of hydrogen-bond donors (Lipinski definition) is 1. The number of rotatable bonds is 7. The Morgan fingerprint density at radius 1 is 1.14 bits per heavy atom. The third-order valence-corrected chi connectivity index (χ3v) is 4.51. The van der Waals surface area contributed by atoms with Gasteiger partial charge in [0.25, 0.3) is 5.91 Å². The molecule has 3 rings (SSSR count). The molecule has 6 nitrogen and oxygen atoms in total. The van der Waals surface area contributed by atoms with Crippen molar-refractivity contribution >= 4 is 5.91 Å². The molecule has 0 saturated heterocycles. The standard InChI is InChI=1S/C21H21F2N3O3/c1-13-17(14(2)26(25-13)16-7-5-4-6-8-16)12-24-20(27)15-9-10-18(29-21(22)23)19(11-15)28-3/h4-11,21H,12H2,1-3H3,(H,24,27). The first-order valence-electron chi connectivity index (χ1n) is 8.92. The summed E-state index contributed by atoms with van der Waals surface area (Å²) < 4.78 is 36.1. The van der Waals surface area contributed by atoms with Crippen LogP contribution in [-0.4, -0.2) is 29.4 Å². The molecule has 0 saturated carbocycles. The van der Waals surface area contributed by atoms with Gasteiger partial charge in [-0.05, 0) is 44.2 Å². The zero-order chi connectivity index (χ0) is 21.0. The smallest absolute Gasteiger partial charge is 0.387 e. The maximum atomic E-state index is 12.5. The average Bonchev–Trinajstić information content (AvgIpc) is 3.00. The number of amides is 1. The van der Waals surface area contributed by atoms with Crippen molar-refractivity contribution in [2.24, 2.45) is 0 Å². The topological polar surface area (TPSA) is 65.4 Å². The zero-order valence-corrected chi connectivity index (χ0v) is 16.3. The molecular weight excluding hydrogens is 380 g/mol. The number of hydrogen-bond acceptors (Lipinski definition) is 4. The number of para-hydroxylation sites is 1. The molecule has 0 bridgehead atoms. The Morgan fingerprint density at radius 3 is 2.52 bits per heavy atom. The minimum Gasteiger partial charge on any atom is -0.493 e. The minimum atomic E-state index is -2.98. The molecule has 8 heteroatoms. The van der Waals surface area contributed by atoms with Crippen LogP contribution in [0, 0.1) is 13.8 Å². The molecule has 2 aromatic carbocycles. The number of carbonyl (C=O) groups excluding carboxylic acids is 1. The highest BCUT2D eigenvalue weighted by Crippen LogP contribution is 2.29. The first kappa shape index (κ1) is 20.3. The van der Waals surface area contributed by atoms with E-state index in [2.05, 4.69) is 15.2 Å². The van der Waals surface area contributed by atoms with E-state index in [0.29, 0.717) is 0 Å². The number of aryl methyl sites for hydroxylation is 1. The van der Waals surface area contributed by atoms with E-state index in [1.54, 1.807) is 0 Å². The Morgan fingerprint density at radius 2 is 1.86 bits per heavy atom. The maximum absolute atomic E-state index is 12.5. The Labute approximate surface area is 167 Å². The minimum absolute atomic E-state index is 0.0576. The summed E-state index contributed by atoms with van der Waals surface area (Å²) in [6, 6.07) is 13.8. The summed E-state index contributed by atoms with van der Waals surface area (Å²) in [5, 5.41) is 7.39. The number of alkyl halides is 2. The van der Waals surface area contributed by atoms with Crippen LogP contribution >= 0.6 is 0 Å². The van der Waals surface area contributed by atoms with Crippen molar-refractivity contribution in [3.8, 4) is 17.2 Å². The van der Waals surface area contributed by atoms with E-state index in [4.69, 9.17) is 4.74 Å². The van der Waals surface area contributed by atoms with Gasteiger partial charge in [-0.25, -0.2) is 4.68 Å². The molecule has 1 aromatic heterocycles. The van der Waals surface area contributed by atoms with E-state index in [0.717, 1.165) is 22.6 Å². The lowest BCUT2D eigenvalue weighted by Crippen LogP contribution is -2.23. The van der Waals surface area contributed by atoms with Crippen molar-refractivity contribution in [1.29, 1.82) is 0 Å². The number of nitrogens with zero attached hydrogens (tertiary/aromatic N) is 2. The predicted octanol–water partition coefficient (Wildman–Crippen LogP) is 4.03. The molecular formula is C21H21F2N3O3. The summed E-state index contributed by atoms with van der Waals surface area (Å²) in [4.78, 5) is 12.5. The molecule has 1 N–H and O–H groups in total.